The Morgan fingerprint density at radius 2 is 1.22 bits per heavy atom. The summed E-state index contributed by atoms with van der Waals surface area (Å²) in [6.45, 7) is -0.413. The molecule has 0 amide bonds. The summed E-state index contributed by atoms with van der Waals surface area (Å²) in [5, 5.41) is 0. The van der Waals surface area contributed by atoms with E-state index in [9.17, 15) is 30.7 Å². The lowest BCUT2D eigenvalue weighted by Gasteiger charge is -2.16. The van der Waals surface area contributed by atoms with Crippen LogP contribution in [0.5, 0.6) is 5.75 Å². The smallest absolute Gasteiger partial charge is 0.281 e. The van der Waals surface area contributed by atoms with Gasteiger partial charge in [-0.25, -0.2) is 22.0 Å². The van der Waals surface area contributed by atoms with Crippen LogP contribution in [0.25, 0.3) is 0 Å². The average Bonchev–Trinajstić information content (AvgIpc) is 2.34. The van der Waals surface area contributed by atoms with Crippen molar-refractivity contribution < 1.29 is 35.5 Å². The van der Waals surface area contributed by atoms with Gasteiger partial charge in [-0.1, -0.05) is 6.92 Å². The minimum atomic E-state index is -3.43. The number of hydrogen-bond donors (Lipinski definition) is 0. The van der Waals surface area contributed by atoms with Crippen molar-refractivity contribution in [1.29, 1.82) is 0 Å². The third kappa shape index (κ3) is 2.68. The Labute approximate surface area is 97.2 Å². The maximum atomic E-state index is 13.0. The van der Waals surface area contributed by atoms with Crippen LogP contribution in [0.1, 0.15) is 13.3 Å². The first-order valence-electron chi connectivity index (χ1n) is 4.73. The Hall–Kier alpha value is -1.47. The van der Waals surface area contributed by atoms with Crippen LogP contribution in [-0.4, -0.2) is 12.5 Å². The van der Waals surface area contributed by atoms with Gasteiger partial charge in [-0.3, -0.25) is 0 Å². The standard InChI is InChI=1S/C10H7F7O/c1-2-10(16,17)3-18-9-7(14)5(12)4(11)6(13)8(9)15/h2-3H2,1H3. The van der Waals surface area contributed by atoms with E-state index in [0.717, 1.165) is 6.92 Å². The third-order valence-corrected chi connectivity index (χ3v) is 2.11. The molecule has 0 saturated heterocycles. The molecule has 0 aliphatic rings. The lowest BCUT2D eigenvalue weighted by molar-refractivity contribution is -0.0457. The first kappa shape index (κ1) is 14.6. The van der Waals surface area contributed by atoms with E-state index in [-0.39, 0.29) is 0 Å². The summed E-state index contributed by atoms with van der Waals surface area (Å²) in [6, 6.07) is 0. The zero-order valence-corrected chi connectivity index (χ0v) is 8.97. The van der Waals surface area contributed by atoms with Gasteiger partial charge in [0.05, 0.1) is 0 Å². The molecule has 0 radical (unpaired) electrons. The minimum absolute atomic E-state index is 0.706. The van der Waals surface area contributed by atoms with Gasteiger partial charge in [-0.2, -0.15) is 8.78 Å². The van der Waals surface area contributed by atoms with Crippen LogP contribution in [0.3, 0.4) is 0 Å². The van der Waals surface area contributed by atoms with Crippen molar-refractivity contribution >= 4 is 0 Å². The second-order valence-corrected chi connectivity index (χ2v) is 3.40. The summed E-state index contributed by atoms with van der Waals surface area (Å²) in [6.07, 6.45) is -0.706. The number of alkyl halides is 2. The number of benzene rings is 1. The van der Waals surface area contributed by atoms with Crippen LogP contribution < -0.4 is 4.74 Å². The van der Waals surface area contributed by atoms with Crippen LogP contribution in [0.15, 0.2) is 0 Å². The molecule has 1 aromatic carbocycles. The van der Waals surface area contributed by atoms with E-state index in [1.165, 1.54) is 0 Å². The molecule has 0 aliphatic heterocycles. The molecule has 0 bridgehead atoms. The van der Waals surface area contributed by atoms with Crippen molar-refractivity contribution in [2.24, 2.45) is 0 Å². The molecule has 1 aromatic rings. The second-order valence-electron chi connectivity index (χ2n) is 3.40. The Bertz CT molecular complexity index is 429. The highest BCUT2D eigenvalue weighted by Crippen LogP contribution is 2.30. The Morgan fingerprint density at radius 1 is 0.833 bits per heavy atom. The van der Waals surface area contributed by atoms with Gasteiger partial charge in [0.15, 0.2) is 12.4 Å². The van der Waals surface area contributed by atoms with Gasteiger partial charge in [0.25, 0.3) is 5.92 Å². The molecular weight excluding hydrogens is 269 g/mol. The molecule has 0 aliphatic carbocycles. The molecule has 0 aromatic heterocycles. The summed E-state index contributed by atoms with van der Waals surface area (Å²) >= 11 is 0. The fraction of sp³-hybridized carbons (Fsp3) is 0.400. The van der Waals surface area contributed by atoms with Crippen LogP contribution in [-0.2, 0) is 0 Å². The summed E-state index contributed by atoms with van der Waals surface area (Å²) in [5.41, 5.74) is 0. The molecule has 1 nitrogen and oxygen atoms in total. The molecule has 8 heteroatoms. The highest BCUT2D eigenvalue weighted by Gasteiger charge is 2.31. The molecule has 0 heterocycles. The topological polar surface area (TPSA) is 9.23 Å². The van der Waals surface area contributed by atoms with Crippen LogP contribution >= 0.6 is 0 Å². The van der Waals surface area contributed by atoms with E-state index >= 15 is 0 Å². The van der Waals surface area contributed by atoms with Crippen molar-refractivity contribution in [3.8, 4) is 5.75 Å². The number of halogens is 7. The van der Waals surface area contributed by atoms with Gasteiger partial charge in [0.1, 0.15) is 0 Å². The van der Waals surface area contributed by atoms with Crippen molar-refractivity contribution in [2.45, 2.75) is 19.3 Å². The molecule has 102 valence electrons. The van der Waals surface area contributed by atoms with Crippen molar-refractivity contribution in [3.63, 3.8) is 0 Å². The summed E-state index contributed by atoms with van der Waals surface area (Å²) in [5.74, 6) is -16.6. The number of hydrogen-bond acceptors (Lipinski definition) is 1. The lowest BCUT2D eigenvalue weighted by Crippen LogP contribution is -2.25. The zero-order valence-electron chi connectivity index (χ0n) is 8.97. The van der Waals surface area contributed by atoms with Gasteiger partial charge < -0.3 is 4.74 Å². The minimum Gasteiger partial charge on any atom is -0.481 e. The first-order valence-corrected chi connectivity index (χ1v) is 4.73. The van der Waals surface area contributed by atoms with Crippen LogP contribution in [0.4, 0.5) is 30.7 Å². The van der Waals surface area contributed by atoms with Gasteiger partial charge in [0.2, 0.25) is 29.1 Å². The quantitative estimate of drug-likeness (QED) is 0.461. The van der Waals surface area contributed by atoms with Gasteiger partial charge >= 0.3 is 0 Å². The van der Waals surface area contributed by atoms with Crippen LogP contribution in [0.2, 0.25) is 0 Å². The first-order chi connectivity index (χ1) is 8.21. The number of ether oxygens (including phenoxy) is 1. The summed E-state index contributed by atoms with van der Waals surface area (Å²) < 4.78 is 93.4. The van der Waals surface area contributed by atoms with Crippen LogP contribution in [0, 0.1) is 29.1 Å². The molecule has 0 N–H and O–H groups in total. The molecule has 0 spiro atoms. The molecule has 0 fully saturated rings. The molecule has 0 atom stereocenters. The summed E-state index contributed by atoms with van der Waals surface area (Å²) in [4.78, 5) is 0. The predicted molar refractivity (Wildman–Crippen MR) is 47.0 cm³/mol. The normalized spacial score (nSPS) is 11.8. The van der Waals surface area contributed by atoms with Gasteiger partial charge in [0, 0.05) is 6.42 Å². The SMILES string of the molecule is CCC(F)(F)COc1c(F)c(F)c(F)c(F)c1F. The van der Waals surface area contributed by atoms with Gasteiger partial charge in [-0.05, 0) is 0 Å². The molecule has 1 rings (SSSR count). The molecular formula is C10H7F7O. The Morgan fingerprint density at radius 3 is 1.61 bits per heavy atom. The monoisotopic (exact) mass is 276 g/mol. The highest BCUT2D eigenvalue weighted by molar-refractivity contribution is 5.29. The highest BCUT2D eigenvalue weighted by atomic mass is 19.3. The van der Waals surface area contributed by atoms with E-state index in [4.69, 9.17) is 0 Å². The maximum Gasteiger partial charge on any atom is 0.281 e. The van der Waals surface area contributed by atoms with E-state index < -0.39 is 53.8 Å². The molecule has 0 saturated carbocycles. The van der Waals surface area contributed by atoms with Crippen molar-refractivity contribution in [2.75, 3.05) is 6.61 Å². The molecule has 18 heavy (non-hydrogen) atoms. The third-order valence-electron chi connectivity index (χ3n) is 2.11. The largest absolute Gasteiger partial charge is 0.481 e. The lowest BCUT2D eigenvalue weighted by atomic mass is 10.2. The predicted octanol–water partition coefficient (Wildman–Crippen LogP) is 3.81. The zero-order chi connectivity index (χ0) is 14.1. The molecule has 0 unspecified atom stereocenters. The fourth-order valence-corrected chi connectivity index (χ4v) is 0.991. The van der Waals surface area contributed by atoms with E-state index in [1.54, 1.807) is 0 Å². The number of rotatable bonds is 4. The Balaban J connectivity index is 3.11. The van der Waals surface area contributed by atoms with Crippen molar-refractivity contribution in [1.82, 2.24) is 0 Å². The summed E-state index contributed by atoms with van der Waals surface area (Å²) in [7, 11) is 0. The average molecular weight is 276 g/mol. The fourth-order valence-electron chi connectivity index (χ4n) is 0.991. The van der Waals surface area contributed by atoms with Crippen molar-refractivity contribution in [3.05, 3.63) is 29.1 Å². The van der Waals surface area contributed by atoms with Gasteiger partial charge in [-0.15, -0.1) is 0 Å². The maximum absolute atomic E-state index is 13.0. The van der Waals surface area contributed by atoms with E-state index in [2.05, 4.69) is 4.74 Å². The Kier molecular flexibility index (Phi) is 4.08. The van der Waals surface area contributed by atoms with E-state index in [0.29, 0.717) is 0 Å². The van der Waals surface area contributed by atoms with E-state index in [1.807, 2.05) is 0 Å². The second kappa shape index (κ2) is 5.03.